The van der Waals surface area contributed by atoms with Gasteiger partial charge in [-0.3, -0.25) is 19.7 Å². The Labute approximate surface area is 138 Å². The zero-order chi connectivity index (χ0) is 17.0. The predicted octanol–water partition coefficient (Wildman–Crippen LogP) is 2.30. The van der Waals surface area contributed by atoms with Gasteiger partial charge in [-0.25, -0.2) is 4.90 Å². The molecule has 124 valence electrons. The minimum atomic E-state index is -0.549. The number of fused-ring (bicyclic) bond motifs is 1. The van der Waals surface area contributed by atoms with Crippen molar-refractivity contribution in [1.29, 1.82) is 0 Å². The minimum absolute atomic E-state index is 0.0751. The van der Waals surface area contributed by atoms with Gasteiger partial charge >= 0.3 is 0 Å². The molecule has 3 aliphatic carbocycles. The third kappa shape index (κ3) is 1.90. The van der Waals surface area contributed by atoms with Crippen LogP contribution in [0.25, 0.3) is 0 Å². The van der Waals surface area contributed by atoms with E-state index >= 15 is 0 Å². The Morgan fingerprint density at radius 2 is 1.71 bits per heavy atom. The van der Waals surface area contributed by atoms with Crippen LogP contribution in [0.4, 0.5) is 11.4 Å². The Kier molecular flexibility index (Phi) is 3.19. The summed E-state index contributed by atoms with van der Waals surface area (Å²) in [6.45, 7) is 0. The molecule has 5 rings (SSSR count). The van der Waals surface area contributed by atoms with E-state index in [1.54, 1.807) is 0 Å². The zero-order valence-electron chi connectivity index (χ0n) is 13.0. The first-order valence-electron chi connectivity index (χ1n) is 7.91. The van der Waals surface area contributed by atoms with Crippen molar-refractivity contribution in [3.05, 3.63) is 40.5 Å². The SMILES string of the molecule is COc1ccc([N+](=O)[O-])cc1N1C(=O)[C@@H]2[C@@H](C1=O)[C@@H]1C=C[C@@H]2CC1. The topological polar surface area (TPSA) is 89.8 Å². The molecule has 0 unspecified atom stereocenters. The number of nitro benzene ring substituents is 1. The maximum absolute atomic E-state index is 12.9. The maximum Gasteiger partial charge on any atom is 0.271 e. The third-order valence-corrected chi connectivity index (χ3v) is 5.37. The Morgan fingerprint density at radius 3 is 2.17 bits per heavy atom. The number of benzene rings is 1. The smallest absolute Gasteiger partial charge is 0.271 e. The molecule has 1 aliphatic heterocycles. The number of hydrogen-bond acceptors (Lipinski definition) is 5. The normalized spacial score (nSPS) is 30.6. The molecule has 1 saturated heterocycles. The van der Waals surface area contributed by atoms with Gasteiger partial charge in [0.05, 0.1) is 23.9 Å². The highest BCUT2D eigenvalue weighted by molar-refractivity contribution is 6.23. The van der Waals surface area contributed by atoms with E-state index in [0.717, 1.165) is 17.7 Å². The van der Waals surface area contributed by atoms with E-state index in [-0.39, 0.29) is 52.6 Å². The van der Waals surface area contributed by atoms with Crippen molar-refractivity contribution in [3.63, 3.8) is 0 Å². The van der Waals surface area contributed by atoms with Crippen LogP contribution < -0.4 is 9.64 Å². The lowest BCUT2D eigenvalue weighted by Gasteiger charge is -2.38. The average molecular weight is 328 g/mol. The first-order chi connectivity index (χ1) is 11.5. The van der Waals surface area contributed by atoms with E-state index in [4.69, 9.17) is 4.74 Å². The Morgan fingerprint density at radius 1 is 1.12 bits per heavy atom. The molecule has 0 aromatic heterocycles. The molecule has 1 heterocycles. The maximum atomic E-state index is 12.9. The summed E-state index contributed by atoms with van der Waals surface area (Å²) < 4.78 is 5.23. The highest BCUT2D eigenvalue weighted by Crippen LogP contribution is 2.51. The van der Waals surface area contributed by atoms with Crippen molar-refractivity contribution in [2.45, 2.75) is 12.8 Å². The number of carbonyl (C=O) groups is 2. The van der Waals surface area contributed by atoms with Crippen LogP contribution in [0.1, 0.15) is 12.8 Å². The van der Waals surface area contributed by atoms with Gasteiger partial charge in [0.2, 0.25) is 11.8 Å². The summed E-state index contributed by atoms with van der Waals surface area (Å²) in [5, 5.41) is 11.1. The molecular weight excluding hydrogens is 312 g/mol. The number of amides is 2. The van der Waals surface area contributed by atoms with Gasteiger partial charge in [0.1, 0.15) is 11.4 Å². The largest absolute Gasteiger partial charge is 0.495 e. The number of nitro groups is 1. The van der Waals surface area contributed by atoms with Gasteiger partial charge < -0.3 is 4.74 Å². The van der Waals surface area contributed by atoms with Crippen LogP contribution in [-0.2, 0) is 9.59 Å². The number of anilines is 1. The first-order valence-corrected chi connectivity index (χ1v) is 7.91. The van der Waals surface area contributed by atoms with Crippen LogP contribution in [0.5, 0.6) is 5.75 Å². The quantitative estimate of drug-likeness (QED) is 0.367. The second-order valence-electron chi connectivity index (χ2n) is 6.47. The molecule has 24 heavy (non-hydrogen) atoms. The molecule has 7 nitrogen and oxygen atoms in total. The number of hydrogen-bond donors (Lipinski definition) is 0. The Bertz CT molecular complexity index is 755. The van der Waals surface area contributed by atoms with Gasteiger partial charge in [0, 0.05) is 12.1 Å². The van der Waals surface area contributed by atoms with Gasteiger partial charge in [0.25, 0.3) is 5.69 Å². The van der Waals surface area contributed by atoms with E-state index in [1.165, 1.54) is 25.3 Å². The Balaban J connectivity index is 1.80. The van der Waals surface area contributed by atoms with E-state index in [0.29, 0.717) is 0 Å². The second-order valence-corrected chi connectivity index (χ2v) is 6.47. The molecule has 0 N–H and O–H groups in total. The molecule has 1 aromatic carbocycles. The average Bonchev–Trinajstić information content (AvgIpc) is 2.88. The molecule has 4 atom stereocenters. The number of imide groups is 1. The predicted molar refractivity (Wildman–Crippen MR) is 84.5 cm³/mol. The molecule has 1 aromatic rings. The highest BCUT2D eigenvalue weighted by Gasteiger charge is 2.57. The summed E-state index contributed by atoms with van der Waals surface area (Å²) in [6.07, 6.45) is 5.88. The number of non-ortho nitro benzene ring substituents is 1. The number of ether oxygens (including phenoxy) is 1. The number of allylic oxidation sites excluding steroid dienone is 2. The summed E-state index contributed by atoms with van der Waals surface area (Å²) in [5.74, 6) is -0.834. The van der Waals surface area contributed by atoms with Crippen molar-refractivity contribution in [2.24, 2.45) is 23.7 Å². The fraction of sp³-hybridized carbons (Fsp3) is 0.412. The van der Waals surface area contributed by atoms with Crippen molar-refractivity contribution < 1.29 is 19.2 Å². The highest BCUT2D eigenvalue weighted by atomic mass is 16.6. The molecule has 4 aliphatic rings. The van der Waals surface area contributed by atoms with E-state index in [2.05, 4.69) is 0 Å². The van der Waals surface area contributed by atoms with Gasteiger partial charge in [-0.2, -0.15) is 0 Å². The van der Waals surface area contributed by atoms with Crippen LogP contribution in [0.15, 0.2) is 30.4 Å². The standard InChI is InChI=1S/C17H16N2O5/c1-24-13-7-6-11(19(22)23)8-12(13)18-16(20)14-9-2-3-10(5-4-9)15(14)17(18)21/h2-3,6-10,14-15H,4-5H2,1H3/t9-,10-,14+,15+/m1/s1. The minimum Gasteiger partial charge on any atom is -0.495 e. The monoisotopic (exact) mass is 328 g/mol. The van der Waals surface area contributed by atoms with Crippen molar-refractivity contribution in [2.75, 3.05) is 12.0 Å². The van der Waals surface area contributed by atoms with Gasteiger partial charge in [-0.1, -0.05) is 12.2 Å². The lowest BCUT2D eigenvalue weighted by atomic mass is 9.63. The lowest BCUT2D eigenvalue weighted by molar-refractivity contribution is -0.384. The molecule has 2 bridgehead atoms. The van der Waals surface area contributed by atoms with Crippen LogP contribution in [0.3, 0.4) is 0 Å². The lowest BCUT2D eigenvalue weighted by Crippen LogP contribution is -2.38. The number of methoxy groups -OCH3 is 1. The fourth-order valence-corrected chi connectivity index (χ4v) is 4.28. The van der Waals surface area contributed by atoms with Crippen LogP contribution in [0.2, 0.25) is 0 Å². The zero-order valence-corrected chi connectivity index (χ0v) is 13.0. The number of carbonyl (C=O) groups excluding carboxylic acids is 2. The number of rotatable bonds is 3. The van der Waals surface area contributed by atoms with Crippen LogP contribution >= 0.6 is 0 Å². The molecule has 2 fully saturated rings. The summed E-state index contributed by atoms with van der Waals surface area (Å²) in [5.41, 5.74) is -0.0159. The van der Waals surface area contributed by atoms with E-state index in [9.17, 15) is 19.7 Å². The molecular formula is C17H16N2O5. The number of nitrogens with zero attached hydrogens (tertiary/aromatic N) is 2. The summed E-state index contributed by atoms with van der Waals surface area (Å²) >= 11 is 0. The molecule has 0 radical (unpaired) electrons. The summed E-state index contributed by atoms with van der Waals surface area (Å²) in [6, 6.07) is 3.95. The molecule has 7 heteroatoms. The van der Waals surface area contributed by atoms with Crippen LogP contribution in [0, 0.1) is 33.8 Å². The van der Waals surface area contributed by atoms with Gasteiger partial charge in [0.15, 0.2) is 0 Å². The van der Waals surface area contributed by atoms with Gasteiger partial charge in [-0.15, -0.1) is 0 Å². The molecule has 2 amide bonds. The Hall–Kier alpha value is -2.70. The van der Waals surface area contributed by atoms with Crippen molar-refractivity contribution in [1.82, 2.24) is 0 Å². The fourth-order valence-electron chi connectivity index (χ4n) is 4.28. The molecule has 0 spiro atoms. The first kappa shape index (κ1) is 14.9. The van der Waals surface area contributed by atoms with E-state index < -0.39 is 4.92 Å². The van der Waals surface area contributed by atoms with Gasteiger partial charge in [-0.05, 0) is 30.7 Å². The van der Waals surface area contributed by atoms with E-state index in [1.807, 2.05) is 12.2 Å². The summed E-state index contributed by atoms with van der Waals surface area (Å²) in [7, 11) is 1.41. The third-order valence-electron chi connectivity index (χ3n) is 5.37. The summed E-state index contributed by atoms with van der Waals surface area (Å²) in [4.78, 5) is 37.5. The van der Waals surface area contributed by atoms with Crippen molar-refractivity contribution >= 4 is 23.2 Å². The molecule has 1 saturated carbocycles. The van der Waals surface area contributed by atoms with Crippen molar-refractivity contribution in [3.8, 4) is 5.75 Å². The second kappa shape index (κ2) is 5.15. The van der Waals surface area contributed by atoms with Crippen LogP contribution in [-0.4, -0.2) is 23.8 Å².